The Morgan fingerprint density at radius 3 is 2.91 bits per heavy atom. The smallest absolute Gasteiger partial charge is 0.251 e. The number of amides is 1. The lowest BCUT2D eigenvalue weighted by Gasteiger charge is -2.16. The van der Waals surface area contributed by atoms with Gasteiger partial charge in [-0.25, -0.2) is 19.9 Å². The summed E-state index contributed by atoms with van der Waals surface area (Å²) in [6.45, 7) is 2.76. The van der Waals surface area contributed by atoms with Crippen molar-refractivity contribution >= 4 is 28.3 Å². The zero-order valence-corrected chi connectivity index (χ0v) is 18.2. The Kier molecular flexibility index (Phi) is 5.35. The zero-order valence-electron chi connectivity index (χ0n) is 18.2. The highest BCUT2D eigenvalue weighted by Gasteiger charge is 2.15. The van der Waals surface area contributed by atoms with Crippen molar-refractivity contribution in [3.63, 3.8) is 0 Å². The minimum Gasteiger partial charge on any atom is -0.369 e. The minimum absolute atomic E-state index is 0.123. The molecule has 0 fully saturated rings. The van der Waals surface area contributed by atoms with Crippen molar-refractivity contribution in [2.75, 3.05) is 18.9 Å². The number of rotatable bonds is 6. The van der Waals surface area contributed by atoms with Crippen molar-refractivity contribution in [3.05, 3.63) is 78.9 Å². The molecule has 0 saturated carbocycles. The Morgan fingerprint density at radius 1 is 1.12 bits per heavy atom. The summed E-state index contributed by atoms with van der Waals surface area (Å²) in [7, 11) is 1.63. The summed E-state index contributed by atoms with van der Waals surface area (Å²) in [5.41, 5.74) is 4.94. The van der Waals surface area contributed by atoms with Crippen molar-refractivity contribution in [3.8, 4) is 11.3 Å². The van der Waals surface area contributed by atoms with E-state index in [2.05, 4.69) is 42.5 Å². The van der Waals surface area contributed by atoms with Crippen LogP contribution in [-0.4, -0.2) is 48.8 Å². The second-order valence-electron chi connectivity index (χ2n) is 7.75. The number of hydrogen-bond donors (Lipinski definition) is 2. The van der Waals surface area contributed by atoms with Gasteiger partial charge in [0.15, 0.2) is 5.65 Å². The van der Waals surface area contributed by atoms with Gasteiger partial charge in [-0.3, -0.25) is 14.2 Å². The number of benzene rings is 1. The Hall–Kier alpha value is -4.40. The van der Waals surface area contributed by atoms with Gasteiger partial charge in [-0.2, -0.15) is 0 Å². The molecule has 0 spiro atoms. The van der Waals surface area contributed by atoms with E-state index >= 15 is 0 Å². The van der Waals surface area contributed by atoms with Crippen LogP contribution in [0.2, 0.25) is 0 Å². The average Bonchev–Trinajstić information content (AvgIpc) is 3.34. The SMILES string of the molecule is CNC(=O)c1ccnc2c(C(C)CNc3cc(-c4cnc5cncn5c4)ncn3)cccc12. The first-order valence-corrected chi connectivity index (χ1v) is 10.6. The number of carbonyl (C=O) groups is 1. The fourth-order valence-electron chi connectivity index (χ4n) is 3.86. The largest absolute Gasteiger partial charge is 0.369 e. The van der Waals surface area contributed by atoms with Gasteiger partial charge in [-0.15, -0.1) is 0 Å². The minimum atomic E-state index is -0.123. The van der Waals surface area contributed by atoms with Crippen LogP contribution in [0.3, 0.4) is 0 Å². The number of imidazole rings is 1. The maximum absolute atomic E-state index is 12.3. The van der Waals surface area contributed by atoms with E-state index in [1.165, 1.54) is 6.33 Å². The molecule has 4 aromatic heterocycles. The molecule has 4 heterocycles. The molecule has 1 amide bonds. The molecule has 0 aliphatic heterocycles. The lowest BCUT2D eigenvalue weighted by molar-refractivity contribution is 0.0964. The van der Waals surface area contributed by atoms with E-state index in [0.29, 0.717) is 12.1 Å². The molecular weight excluding hydrogens is 416 g/mol. The van der Waals surface area contributed by atoms with Crippen LogP contribution in [0.5, 0.6) is 0 Å². The van der Waals surface area contributed by atoms with Gasteiger partial charge in [0.1, 0.15) is 18.5 Å². The van der Waals surface area contributed by atoms with Crippen molar-refractivity contribution in [2.45, 2.75) is 12.8 Å². The molecule has 9 heteroatoms. The van der Waals surface area contributed by atoms with Crippen LogP contribution in [-0.2, 0) is 0 Å². The molecule has 33 heavy (non-hydrogen) atoms. The number of aromatic nitrogens is 6. The number of carbonyl (C=O) groups excluding carboxylic acids is 1. The Morgan fingerprint density at radius 2 is 2.03 bits per heavy atom. The number of fused-ring (bicyclic) bond motifs is 2. The van der Waals surface area contributed by atoms with E-state index in [9.17, 15) is 4.79 Å². The highest BCUT2D eigenvalue weighted by molar-refractivity contribution is 6.06. The standard InChI is InChI=1S/C24H22N8O/c1-15(17-4-3-5-18-19(24(33)25-2)6-7-27-23(17)18)9-28-21-8-20(30-13-31-21)16-10-29-22-11-26-14-32(22)12-16/h3-8,10-15H,9H2,1-2H3,(H,25,33)(H,28,30,31). The molecular formula is C24H22N8O. The number of anilines is 1. The zero-order chi connectivity index (χ0) is 22.8. The van der Waals surface area contributed by atoms with E-state index in [-0.39, 0.29) is 11.8 Å². The number of pyridine rings is 1. The van der Waals surface area contributed by atoms with Gasteiger partial charge in [0.05, 0.1) is 23.0 Å². The van der Waals surface area contributed by atoms with Gasteiger partial charge in [-0.1, -0.05) is 25.1 Å². The van der Waals surface area contributed by atoms with Crippen LogP contribution in [0.4, 0.5) is 5.82 Å². The molecule has 0 saturated heterocycles. The molecule has 5 rings (SSSR count). The molecule has 0 radical (unpaired) electrons. The number of hydrogen-bond acceptors (Lipinski definition) is 7. The molecule has 0 aliphatic carbocycles. The number of nitrogens with one attached hydrogen (secondary N) is 2. The van der Waals surface area contributed by atoms with Crippen molar-refractivity contribution in [1.29, 1.82) is 0 Å². The molecule has 0 aliphatic rings. The van der Waals surface area contributed by atoms with Crippen LogP contribution >= 0.6 is 0 Å². The predicted molar refractivity (Wildman–Crippen MR) is 126 cm³/mol. The molecule has 164 valence electrons. The summed E-state index contributed by atoms with van der Waals surface area (Å²) >= 11 is 0. The predicted octanol–water partition coefficient (Wildman–Crippen LogP) is 3.31. The summed E-state index contributed by atoms with van der Waals surface area (Å²) in [6.07, 6.45) is 10.3. The normalized spacial score (nSPS) is 12.1. The maximum Gasteiger partial charge on any atom is 0.251 e. The van der Waals surface area contributed by atoms with Crippen LogP contribution in [0.15, 0.2) is 67.8 Å². The number of nitrogens with zero attached hydrogens (tertiary/aromatic N) is 6. The maximum atomic E-state index is 12.3. The fourth-order valence-corrected chi connectivity index (χ4v) is 3.86. The molecule has 9 nitrogen and oxygen atoms in total. The third kappa shape index (κ3) is 3.96. The molecule has 2 N–H and O–H groups in total. The molecule has 1 aromatic carbocycles. The highest BCUT2D eigenvalue weighted by atomic mass is 16.1. The summed E-state index contributed by atoms with van der Waals surface area (Å²) < 4.78 is 1.85. The van der Waals surface area contributed by atoms with E-state index < -0.39 is 0 Å². The van der Waals surface area contributed by atoms with Crippen molar-refractivity contribution < 1.29 is 4.79 Å². The van der Waals surface area contributed by atoms with Crippen LogP contribution in [0.1, 0.15) is 28.8 Å². The lowest BCUT2D eigenvalue weighted by atomic mass is 9.96. The van der Waals surface area contributed by atoms with Crippen molar-refractivity contribution in [2.24, 2.45) is 0 Å². The van der Waals surface area contributed by atoms with Gasteiger partial charge in [0, 0.05) is 55.1 Å². The molecule has 0 bridgehead atoms. The first kappa shape index (κ1) is 20.5. The molecule has 5 aromatic rings. The summed E-state index contributed by atoms with van der Waals surface area (Å²) in [5.74, 6) is 0.725. The average molecular weight is 438 g/mol. The Bertz CT molecular complexity index is 1460. The van der Waals surface area contributed by atoms with Gasteiger partial charge >= 0.3 is 0 Å². The first-order chi connectivity index (χ1) is 16.1. The lowest BCUT2D eigenvalue weighted by Crippen LogP contribution is -2.18. The highest BCUT2D eigenvalue weighted by Crippen LogP contribution is 2.27. The fraction of sp³-hybridized carbons (Fsp3) is 0.167. The third-order valence-corrected chi connectivity index (χ3v) is 5.62. The quantitative estimate of drug-likeness (QED) is 0.418. The van der Waals surface area contributed by atoms with Gasteiger partial charge in [-0.05, 0) is 11.6 Å². The number of para-hydroxylation sites is 1. The summed E-state index contributed by atoms with van der Waals surface area (Å²) in [5, 5.41) is 6.93. The Labute approximate surface area is 190 Å². The van der Waals surface area contributed by atoms with Crippen LogP contribution in [0, 0.1) is 0 Å². The molecule has 1 atom stereocenters. The first-order valence-electron chi connectivity index (χ1n) is 10.6. The third-order valence-electron chi connectivity index (χ3n) is 5.62. The summed E-state index contributed by atoms with van der Waals surface area (Å²) in [4.78, 5) is 34.1. The van der Waals surface area contributed by atoms with E-state index in [1.54, 1.807) is 38.0 Å². The van der Waals surface area contributed by atoms with E-state index in [0.717, 1.165) is 39.2 Å². The van der Waals surface area contributed by atoms with Gasteiger partial charge in [0.25, 0.3) is 5.91 Å². The Balaban J connectivity index is 1.37. The topological polar surface area (TPSA) is 110 Å². The van der Waals surface area contributed by atoms with E-state index in [1.807, 2.05) is 34.9 Å². The summed E-state index contributed by atoms with van der Waals surface area (Å²) in [6, 6.07) is 9.58. The van der Waals surface area contributed by atoms with Crippen molar-refractivity contribution in [1.82, 2.24) is 34.6 Å². The second-order valence-corrected chi connectivity index (χ2v) is 7.75. The van der Waals surface area contributed by atoms with Crippen LogP contribution in [0.25, 0.3) is 27.8 Å². The second kappa shape index (κ2) is 8.62. The monoisotopic (exact) mass is 438 g/mol. The van der Waals surface area contributed by atoms with E-state index in [4.69, 9.17) is 0 Å². The van der Waals surface area contributed by atoms with Crippen LogP contribution < -0.4 is 10.6 Å². The van der Waals surface area contributed by atoms with Gasteiger partial charge in [0.2, 0.25) is 0 Å². The van der Waals surface area contributed by atoms with Gasteiger partial charge < -0.3 is 10.6 Å². The molecule has 1 unspecified atom stereocenters.